The summed E-state index contributed by atoms with van der Waals surface area (Å²) in [5.74, 6) is 0. The fourth-order valence-corrected chi connectivity index (χ4v) is 5.03. The Morgan fingerprint density at radius 2 is 1.89 bits per heavy atom. The van der Waals surface area contributed by atoms with Crippen LogP contribution >= 0.6 is 0 Å². The highest BCUT2D eigenvalue weighted by atomic mass is 32.2. The van der Waals surface area contributed by atoms with Crippen LogP contribution in [0.4, 0.5) is 0 Å². The van der Waals surface area contributed by atoms with Crippen molar-refractivity contribution in [1.82, 2.24) is 14.2 Å². The molecule has 4 rings (SSSR count). The molecule has 2 heterocycles. The summed E-state index contributed by atoms with van der Waals surface area (Å²) in [5.41, 5.74) is 1.78. The molecule has 0 aliphatic carbocycles. The van der Waals surface area contributed by atoms with Crippen LogP contribution < -0.4 is 5.32 Å². The third-order valence-electron chi connectivity index (χ3n) is 5.04. The SMILES string of the molecule is O=S(=O)(c1ccccc1)n1ccc2c(CN3CCNC(CO)C3)cccc21. The molecule has 1 atom stereocenters. The van der Waals surface area contributed by atoms with E-state index in [0.29, 0.717) is 5.52 Å². The maximum atomic E-state index is 13.0. The quantitative estimate of drug-likeness (QED) is 0.699. The molecule has 1 aliphatic heterocycles. The molecule has 2 N–H and O–H groups in total. The van der Waals surface area contributed by atoms with Gasteiger partial charge in [0.05, 0.1) is 17.0 Å². The van der Waals surface area contributed by atoms with Crippen molar-refractivity contribution in [2.45, 2.75) is 17.5 Å². The van der Waals surface area contributed by atoms with Crippen LogP contribution in [0.1, 0.15) is 5.56 Å². The molecule has 2 aromatic carbocycles. The molecule has 3 aromatic rings. The predicted molar refractivity (Wildman–Crippen MR) is 105 cm³/mol. The van der Waals surface area contributed by atoms with E-state index in [2.05, 4.69) is 10.2 Å². The number of benzene rings is 2. The Labute approximate surface area is 159 Å². The highest BCUT2D eigenvalue weighted by Gasteiger charge is 2.22. The summed E-state index contributed by atoms with van der Waals surface area (Å²) in [7, 11) is -3.62. The zero-order valence-electron chi connectivity index (χ0n) is 15.0. The summed E-state index contributed by atoms with van der Waals surface area (Å²) in [5, 5.41) is 13.6. The fourth-order valence-electron chi connectivity index (χ4n) is 3.66. The van der Waals surface area contributed by atoms with Gasteiger partial charge in [0, 0.05) is 43.8 Å². The first-order chi connectivity index (χ1) is 13.1. The first-order valence-corrected chi connectivity index (χ1v) is 10.5. The molecule has 0 radical (unpaired) electrons. The fraction of sp³-hybridized carbons (Fsp3) is 0.300. The Morgan fingerprint density at radius 3 is 2.67 bits per heavy atom. The minimum absolute atomic E-state index is 0.0843. The van der Waals surface area contributed by atoms with Crippen molar-refractivity contribution in [3.8, 4) is 0 Å². The molecule has 27 heavy (non-hydrogen) atoms. The first kappa shape index (κ1) is 18.2. The van der Waals surface area contributed by atoms with Gasteiger partial charge in [-0.1, -0.05) is 30.3 Å². The van der Waals surface area contributed by atoms with Crippen molar-refractivity contribution < 1.29 is 13.5 Å². The first-order valence-electron chi connectivity index (χ1n) is 9.06. The van der Waals surface area contributed by atoms with Crippen LogP contribution in [0.2, 0.25) is 0 Å². The highest BCUT2D eigenvalue weighted by Crippen LogP contribution is 2.26. The maximum absolute atomic E-state index is 13.0. The molecule has 1 saturated heterocycles. The zero-order chi connectivity index (χ0) is 18.9. The van der Waals surface area contributed by atoms with E-state index in [0.717, 1.165) is 37.1 Å². The van der Waals surface area contributed by atoms with Crippen LogP contribution in [0.5, 0.6) is 0 Å². The van der Waals surface area contributed by atoms with Gasteiger partial charge in [-0.25, -0.2) is 12.4 Å². The number of hydrogen-bond donors (Lipinski definition) is 2. The summed E-state index contributed by atoms with van der Waals surface area (Å²) in [6.45, 7) is 3.35. The van der Waals surface area contributed by atoms with E-state index >= 15 is 0 Å². The second-order valence-electron chi connectivity index (χ2n) is 6.85. The van der Waals surface area contributed by atoms with E-state index in [1.807, 2.05) is 24.3 Å². The highest BCUT2D eigenvalue weighted by molar-refractivity contribution is 7.90. The van der Waals surface area contributed by atoms with Gasteiger partial charge in [0.1, 0.15) is 0 Å². The molecular weight excluding hydrogens is 362 g/mol. The normalized spacial score (nSPS) is 18.8. The monoisotopic (exact) mass is 385 g/mol. The van der Waals surface area contributed by atoms with Gasteiger partial charge in [0.15, 0.2) is 0 Å². The second kappa shape index (κ2) is 7.44. The van der Waals surface area contributed by atoms with Gasteiger partial charge in [-0.05, 0) is 29.8 Å². The number of hydrogen-bond acceptors (Lipinski definition) is 5. The molecule has 0 saturated carbocycles. The Kier molecular flexibility index (Phi) is 5.01. The van der Waals surface area contributed by atoms with Crippen LogP contribution in [0, 0.1) is 0 Å². The van der Waals surface area contributed by atoms with Crippen molar-refractivity contribution in [3.63, 3.8) is 0 Å². The average molecular weight is 385 g/mol. The van der Waals surface area contributed by atoms with Gasteiger partial charge in [0.25, 0.3) is 10.0 Å². The van der Waals surface area contributed by atoms with Crippen LogP contribution in [-0.2, 0) is 16.6 Å². The molecule has 0 amide bonds. The number of aromatic nitrogens is 1. The summed E-state index contributed by atoms with van der Waals surface area (Å²) in [6, 6.07) is 16.2. The van der Waals surface area contributed by atoms with E-state index in [4.69, 9.17) is 0 Å². The van der Waals surface area contributed by atoms with Gasteiger partial charge >= 0.3 is 0 Å². The standard InChI is InChI=1S/C20H23N3O3S/c24-15-17-14-22(12-10-21-17)13-16-5-4-8-20-19(16)9-11-23(20)27(25,26)18-6-2-1-3-7-18/h1-9,11,17,21,24H,10,12-15H2. The number of aliphatic hydroxyl groups is 1. The predicted octanol–water partition coefficient (Wildman–Crippen LogP) is 1.64. The molecule has 1 aliphatic rings. The molecule has 0 spiro atoms. The van der Waals surface area contributed by atoms with E-state index < -0.39 is 10.0 Å². The van der Waals surface area contributed by atoms with Crippen LogP contribution in [0.25, 0.3) is 10.9 Å². The van der Waals surface area contributed by atoms with E-state index in [1.165, 1.54) is 3.97 Å². The summed E-state index contributed by atoms with van der Waals surface area (Å²) in [6.07, 6.45) is 1.63. The Bertz CT molecular complexity index is 1030. The van der Waals surface area contributed by atoms with Crippen LogP contribution in [0.15, 0.2) is 65.7 Å². The van der Waals surface area contributed by atoms with Crippen molar-refractivity contribution in [1.29, 1.82) is 0 Å². The number of aliphatic hydroxyl groups excluding tert-OH is 1. The number of nitrogens with one attached hydrogen (secondary N) is 1. The Morgan fingerprint density at radius 1 is 1.07 bits per heavy atom. The number of fused-ring (bicyclic) bond motifs is 1. The van der Waals surface area contributed by atoms with E-state index in [9.17, 15) is 13.5 Å². The van der Waals surface area contributed by atoms with Gasteiger partial charge in [-0.2, -0.15) is 0 Å². The molecular formula is C20H23N3O3S. The van der Waals surface area contributed by atoms with Gasteiger partial charge in [0.2, 0.25) is 0 Å². The van der Waals surface area contributed by atoms with Crippen molar-refractivity contribution >= 4 is 20.9 Å². The molecule has 7 heteroatoms. The third kappa shape index (κ3) is 3.51. The lowest BCUT2D eigenvalue weighted by molar-refractivity contribution is 0.144. The average Bonchev–Trinajstić information content (AvgIpc) is 3.15. The molecule has 142 valence electrons. The smallest absolute Gasteiger partial charge is 0.268 e. The van der Waals surface area contributed by atoms with E-state index in [-0.39, 0.29) is 17.5 Å². The van der Waals surface area contributed by atoms with E-state index in [1.54, 1.807) is 36.5 Å². The lowest BCUT2D eigenvalue weighted by atomic mass is 10.1. The van der Waals surface area contributed by atoms with Crippen LogP contribution in [0.3, 0.4) is 0 Å². The summed E-state index contributed by atoms with van der Waals surface area (Å²) >= 11 is 0. The second-order valence-corrected chi connectivity index (χ2v) is 8.66. The Hall–Kier alpha value is -2.19. The molecule has 1 unspecified atom stereocenters. The molecule has 0 bridgehead atoms. The van der Waals surface area contributed by atoms with Crippen molar-refractivity contribution in [2.24, 2.45) is 0 Å². The van der Waals surface area contributed by atoms with Gasteiger partial charge in [-0.15, -0.1) is 0 Å². The minimum atomic E-state index is -3.62. The topological polar surface area (TPSA) is 74.6 Å². The summed E-state index contributed by atoms with van der Waals surface area (Å²) < 4.78 is 27.4. The molecule has 1 aromatic heterocycles. The number of rotatable bonds is 5. The summed E-state index contributed by atoms with van der Waals surface area (Å²) in [4.78, 5) is 2.57. The van der Waals surface area contributed by atoms with Crippen LogP contribution in [-0.4, -0.2) is 54.7 Å². The zero-order valence-corrected chi connectivity index (χ0v) is 15.8. The lowest BCUT2D eigenvalue weighted by Crippen LogP contribution is -2.51. The minimum Gasteiger partial charge on any atom is -0.395 e. The van der Waals surface area contributed by atoms with Gasteiger partial charge in [-0.3, -0.25) is 4.90 Å². The third-order valence-corrected chi connectivity index (χ3v) is 6.75. The largest absolute Gasteiger partial charge is 0.395 e. The molecule has 1 fully saturated rings. The Balaban J connectivity index is 1.68. The maximum Gasteiger partial charge on any atom is 0.268 e. The molecule has 6 nitrogen and oxygen atoms in total. The number of piperazine rings is 1. The number of nitrogens with zero attached hydrogens (tertiary/aromatic N) is 2. The lowest BCUT2D eigenvalue weighted by Gasteiger charge is -2.32. The van der Waals surface area contributed by atoms with Crippen molar-refractivity contribution in [3.05, 3.63) is 66.4 Å². The van der Waals surface area contributed by atoms with Gasteiger partial charge < -0.3 is 10.4 Å². The van der Waals surface area contributed by atoms with Crippen molar-refractivity contribution in [2.75, 3.05) is 26.2 Å².